The fourth-order valence-electron chi connectivity index (χ4n) is 2.47. The molecule has 0 aliphatic heterocycles. The summed E-state index contributed by atoms with van der Waals surface area (Å²) in [5, 5.41) is 13.1. The van der Waals surface area contributed by atoms with Crippen molar-refractivity contribution in [2.24, 2.45) is 0 Å². The third-order valence-electron chi connectivity index (χ3n) is 4.05. The first kappa shape index (κ1) is 22.7. The summed E-state index contributed by atoms with van der Waals surface area (Å²) in [4.78, 5) is 24.1. The predicted octanol–water partition coefficient (Wildman–Crippen LogP) is 3.06. The van der Waals surface area contributed by atoms with Gasteiger partial charge in [0.25, 0.3) is 0 Å². The van der Waals surface area contributed by atoms with Gasteiger partial charge in [-0.3, -0.25) is 10.1 Å². The van der Waals surface area contributed by atoms with Crippen LogP contribution < -0.4 is 16.5 Å². The number of urea groups is 1. The molecule has 2 aromatic rings. The summed E-state index contributed by atoms with van der Waals surface area (Å²) in [7, 11) is 0. The van der Waals surface area contributed by atoms with Crippen LogP contribution in [0.4, 0.5) is 4.79 Å². The lowest BCUT2D eigenvalue weighted by molar-refractivity contribution is -0.119. The Kier molecular flexibility index (Phi) is 6.62. The molecule has 3 amide bonds. The van der Waals surface area contributed by atoms with E-state index in [2.05, 4.69) is 41.6 Å². The Balaban J connectivity index is 2.07. The number of nitrogens with two attached hydrogens (primary N) is 1. The number of carbonyl (C=O) groups excluding carboxylic acids is 2. The molecule has 0 aliphatic rings. The molecule has 2 rings (SSSR count). The van der Waals surface area contributed by atoms with Gasteiger partial charge in [0.15, 0.2) is 5.82 Å². The fraction of sp³-hybridized carbons (Fsp3) is 0.500. The highest BCUT2D eigenvalue weighted by Gasteiger charge is 2.23. The monoisotopic (exact) mass is 418 g/mol. The van der Waals surface area contributed by atoms with Crippen molar-refractivity contribution in [3.63, 3.8) is 0 Å². The van der Waals surface area contributed by atoms with Crippen LogP contribution in [-0.2, 0) is 10.2 Å². The number of thioether (sulfide) groups is 1. The van der Waals surface area contributed by atoms with Gasteiger partial charge in [-0.2, -0.15) is 0 Å². The quantitative estimate of drug-likeness (QED) is 0.519. The zero-order valence-electron chi connectivity index (χ0n) is 18.0. The molecule has 0 aliphatic carbocycles. The maximum atomic E-state index is 12.3. The number of carbonyl (C=O) groups is 2. The number of nitrogens with one attached hydrogen (secondary N) is 2. The minimum absolute atomic E-state index is 0.0536. The van der Waals surface area contributed by atoms with E-state index in [0.717, 1.165) is 17.3 Å². The summed E-state index contributed by atoms with van der Waals surface area (Å²) in [5.74, 6) is 6.22. The van der Waals surface area contributed by atoms with Gasteiger partial charge < -0.3 is 11.2 Å². The van der Waals surface area contributed by atoms with E-state index in [1.165, 1.54) is 10.2 Å². The molecule has 0 unspecified atom stereocenters. The highest BCUT2D eigenvalue weighted by Crippen LogP contribution is 2.27. The van der Waals surface area contributed by atoms with Gasteiger partial charge in [0, 0.05) is 11.1 Å². The van der Waals surface area contributed by atoms with E-state index < -0.39 is 22.7 Å². The van der Waals surface area contributed by atoms with Gasteiger partial charge in [-0.05, 0) is 38.7 Å². The van der Waals surface area contributed by atoms with E-state index in [9.17, 15) is 9.59 Å². The lowest BCUT2D eigenvalue weighted by Crippen LogP contribution is -2.49. The van der Waals surface area contributed by atoms with Crippen LogP contribution in [0.25, 0.3) is 11.4 Å². The predicted molar refractivity (Wildman–Crippen MR) is 116 cm³/mol. The highest BCUT2D eigenvalue weighted by molar-refractivity contribution is 8.00. The number of nitrogens with zero attached hydrogens (tertiary/aromatic N) is 3. The Morgan fingerprint density at radius 2 is 1.66 bits per heavy atom. The topological polar surface area (TPSA) is 115 Å². The van der Waals surface area contributed by atoms with Crippen molar-refractivity contribution < 1.29 is 9.59 Å². The van der Waals surface area contributed by atoms with Crippen LogP contribution in [0.1, 0.15) is 54.0 Å². The van der Waals surface area contributed by atoms with Crippen LogP contribution in [-0.4, -0.2) is 37.6 Å². The Bertz CT molecular complexity index is 878. The smallest absolute Gasteiger partial charge is 0.321 e. The maximum Gasteiger partial charge on any atom is 0.321 e. The minimum Gasteiger partial charge on any atom is -0.335 e. The van der Waals surface area contributed by atoms with Crippen LogP contribution in [0.15, 0.2) is 29.4 Å². The second kappa shape index (κ2) is 8.44. The van der Waals surface area contributed by atoms with Gasteiger partial charge in [-0.15, -0.1) is 10.2 Å². The van der Waals surface area contributed by atoms with Crippen molar-refractivity contribution in [1.29, 1.82) is 0 Å². The average Bonchev–Trinajstić information content (AvgIpc) is 2.93. The van der Waals surface area contributed by atoms with Crippen LogP contribution in [0.5, 0.6) is 0 Å². The highest BCUT2D eigenvalue weighted by atomic mass is 32.2. The largest absolute Gasteiger partial charge is 0.335 e. The summed E-state index contributed by atoms with van der Waals surface area (Å²) in [6, 6.07) is 7.45. The van der Waals surface area contributed by atoms with E-state index in [0.29, 0.717) is 11.0 Å². The number of amides is 3. The fourth-order valence-corrected chi connectivity index (χ4v) is 3.24. The number of rotatable bonds is 4. The molecule has 158 valence electrons. The van der Waals surface area contributed by atoms with Gasteiger partial charge in [0.2, 0.25) is 11.1 Å². The molecule has 8 nitrogen and oxygen atoms in total. The van der Waals surface area contributed by atoms with Gasteiger partial charge >= 0.3 is 6.03 Å². The average molecular weight is 419 g/mol. The van der Waals surface area contributed by atoms with Crippen molar-refractivity contribution in [2.45, 2.75) is 69.8 Å². The first-order chi connectivity index (χ1) is 13.3. The third kappa shape index (κ3) is 6.22. The summed E-state index contributed by atoms with van der Waals surface area (Å²) in [6.45, 7) is 13.6. The molecule has 9 heteroatoms. The normalized spacial score (nSPS) is 13.1. The van der Waals surface area contributed by atoms with Crippen LogP contribution in [0, 0.1) is 0 Å². The first-order valence-corrected chi connectivity index (χ1v) is 10.3. The molecular weight excluding hydrogens is 388 g/mol. The SMILES string of the molecule is C[C@H](Sc1nnc(-c2ccc(C(C)(C)C)cc2)n1N)C(=O)NC(=O)NC(C)(C)C. The van der Waals surface area contributed by atoms with Crippen molar-refractivity contribution in [3.8, 4) is 11.4 Å². The first-order valence-electron chi connectivity index (χ1n) is 9.39. The second-order valence-electron chi connectivity index (χ2n) is 8.96. The van der Waals surface area contributed by atoms with Crippen molar-refractivity contribution in [3.05, 3.63) is 29.8 Å². The summed E-state index contributed by atoms with van der Waals surface area (Å²) >= 11 is 1.13. The molecule has 1 aromatic carbocycles. The van der Waals surface area contributed by atoms with Crippen molar-refractivity contribution in [2.75, 3.05) is 5.84 Å². The molecule has 0 fully saturated rings. The summed E-state index contributed by atoms with van der Waals surface area (Å²) in [6.07, 6.45) is 0. The lowest BCUT2D eigenvalue weighted by Gasteiger charge is -2.21. The number of hydrogen-bond donors (Lipinski definition) is 3. The number of aromatic nitrogens is 3. The van der Waals surface area contributed by atoms with E-state index in [1.54, 1.807) is 6.92 Å². The molecule has 0 bridgehead atoms. The molecule has 0 radical (unpaired) electrons. The molecule has 1 heterocycles. The Labute approximate surface area is 176 Å². The van der Waals surface area contributed by atoms with Crippen LogP contribution >= 0.6 is 11.8 Å². The second-order valence-corrected chi connectivity index (χ2v) is 10.3. The zero-order valence-corrected chi connectivity index (χ0v) is 18.8. The number of imide groups is 1. The zero-order chi connectivity index (χ0) is 22.0. The molecule has 0 spiro atoms. The molecule has 0 saturated carbocycles. The van der Waals surface area contributed by atoms with Gasteiger partial charge in [-0.1, -0.05) is 56.8 Å². The van der Waals surface area contributed by atoms with Crippen LogP contribution in [0.3, 0.4) is 0 Å². The molecule has 29 heavy (non-hydrogen) atoms. The number of nitrogen functional groups attached to an aromatic ring is 1. The standard InChI is InChI=1S/C20H30N6O2S/c1-12(16(27)22-17(28)23-20(5,6)7)29-18-25-24-15(26(18)21)13-8-10-14(11-9-13)19(2,3)4/h8-12H,21H2,1-7H3,(H2,22,23,27,28)/t12-/m0/s1. The van der Waals surface area contributed by atoms with Crippen molar-refractivity contribution in [1.82, 2.24) is 25.5 Å². The molecule has 4 N–H and O–H groups in total. The van der Waals surface area contributed by atoms with E-state index in [4.69, 9.17) is 5.84 Å². The lowest BCUT2D eigenvalue weighted by atomic mass is 9.87. The summed E-state index contributed by atoms with van der Waals surface area (Å²) in [5.41, 5.74) is 1.66. The third-order valence-corrected chi connectivity index (χ3v) is 5.11. The molecular formula is C20H30N6O2S. The Morgan fingerprint density at radius 1 is 1.07 bits per heavy atom. The van der Waals surface area contributed by atoms with E-state index in [1.807, 2.05) is 45.0 Å². The molecule has 0 saturated heterocycles. The van der Waals surface area contributed by atoms with E-state index in [-0.39, 0.29) is 5.41 Å². The van der Waals surface area contributed by atoms with E-state index >= 15 is 0 Å². The summed E-state index contributed by atoms with van der Waals surface area (Å²) < 4.78 is 1.36. The van der Waals surface area contributed by atoms with Crippen molar-refractivity contribution >= 4 is 23.7 Å². The number of benzene rings is 1. The molecule has 1 atom stereocenters. The Hall–Kier alpha value is -2.55. The van der Waals surface area contributed by atoms with Gasteiger partial charge in [0.05, 0.1) is 5.25 Å². The van der Waals surface area contributed by atoms with Gasteiger partial charge in [0.1, 0.15) is 0 Å². The Morgan fingerprint density at radius 3 is 2.17 bits per heavy atom. The molecule has 1 aromatic heterocycles. The van der Waals surface area contributed by atoms with Gasteiger partial charge in [-0.25, -0.2) is 9.47 Å². The minimum atomic E-state index is -0.580. The maximum absolute atomic E-state index is 12.3. The number of hydrogen-bond acceptors (Lipinski definition) is 6. The van der Waals surface area contributed by atoms with Crippen LogP contribution in [0.2, 0.25) is 0 Å².